The molecule has 140 valence electrons. The van der Waals surface area contributed by atoms with Gasteiger partial charge in [0.05, 0.1) is 24.4 Å². The molecule has 0 saturated heterocycles. The highest BCUT2D eigenvalue weighted by atomic mass is 32.1. The van der Waals surface area contributed by atoms with E-state index in [0.29, 0.717) is 17.7 Å². The van der Waals surface area contributed by atoms with Crippen LogP contribution in [0.25, 0.3) is 0 Å². The van der Waals surface area contributed by atoms with Crippen LogP contribution >= 0.6 is 11.3 Å². The Hall–Kier alpha value is -2.93. The summed E-state index contributed by atoms with van der Waals surface area (Å²) in [6.45, 7) is 4.37. The summed E-state index contributed by atoms with van der Waals surface area (Å²) in [4.78, 5) is 24.0. The number of carbonyl (C=O) groups is 2. The first-order chi connectivity index (χ1) is 13.0. The zero-order valence-electron chi connectivity index (χ0n) is 15.4. The smallest absolute Gasteiger partial charge is 0.337 e. The Morgan fingerprint density at radius 1 is 1.19 bits per heavy atom. The molecule has 27 heavy (non-hydrogen) atoms. The van der Waals surface area contributed by atoms with Crippen LogP contribution in [0, 0.1) is 13.8 Å². The van der Waals surface area contributed by atoms with Crippen LogP contribution in [0.1, 0.15) is 43.7 Å². The van der Waals surface area contributed by atoms with E-state index in [2.05, 4.69) is 20.5 Å². The molecule has 1 amide bonds. The third-order valence-electron chi connectivity index (χ3n) is 4.29. The van der Waals surface area contributed by atoms with Gasteiger partial charge >= 0.3 is 5.97 Å². The van der Waals surface area contributed by atoms with E-state index in [1.807, 2.05) is 36.0 Å². The van der Waals surface area contributed by atoms with Crippen LogP contribution in [-0.2, 0) is 4.74 Å². The number of carbonyl (C=O) groups excluding carboxylic acids is 2. The van der Waals surface area contributed by atoms with Gasteiger partial charge in [0.2, 0.25) is 0 Å². The summed E-state index contributed by atoms with van der Waals surface area (Å²) in [6, 6.07) is 10.4. The average molecular weight is 383 g/mol. The Morgan fingerprint density at radius 2 is 1.89 bits per heavy atom. The number of hydrogen-bond acceptors (Lipinski definition) is 5. The lowest BCUT2D eigenvalue weighted by molar-refractivity contribution is 0.0600. The Morgan fingerprint density at radius 3 is 2.44 bits per heavy atom. The number of rotatable bonds is 6. The largest absolute Gasteiger partial charge is 0.465 e. The molecule has 7 heteroatoms. The molecule has 0 aliphatic rings. The van der Waals surface area contributed by atoms with Crippen LogP contribution in [0.15, 0.2) is 47.2 Å². The highest BCUT2D eigenvalue weighted by Crippen LogP contribution is 2.22. The maximum atomic E-state index is 12.5. The minimum absolute atomic E-state index is 0.0803. The summed E-state index contributed by atoms with van der Waals surface area (Å²) in [5, 5.41) is 11.6. The molecule has 6 nitrogen and oxygen atoms in total. The second kappa shape index (κ2) is 8.18. The summed E-state index contributed by atoms with van der Waals surface area (Å²) in [7, 11) is 1.33. The quantitative estimate of drug-likeness (QED) is 0.663. The molecule has 1 aromatic carbocycles. The average Bonchev–Trinajstić information content (AvgIpc) is 3.31. The molecule has 1 N–H and O–H groups in total. The molecule has 0 radical (unpaired) electrons. The second-order valence-corrected chi connectivity index (χ2v) is 7.00. The van der Waals surface area contributed by atoms with E-state index >= 15 is 0 Å². The fourth-order valence-electron chi connectivity index (χ4n) is 2.94. The van der Waals surface area contributed by atoms with Gasteiger partial charge in [0.25, 0.3) is 5.91 Å². The van der Waals surface area contributed by atoms with Gasteiger partial charge in [0, 0.05) is 17.8 Å². The molecule has 1 atom stereocenters. The molecule has 0 saturated carbocycles. The van der Waals surface area contributed by atoms with Gasteiger partial charge in [-0.1, -0.05) is 0 Å². The van der Waals surface area contributed by atoms with Gasteiger partial charge in [-0.3, -0.25) is 9.48 Å². The predicted molar refractivity (Wildman–Crippen MR) is 104 cm³/mol. The molecule has 0 unspecified atom stereocenters. The van der Waals surface area contributed by atoms with Crippen molar-refractivity contribution < 1.29 is 14.3 Å². The van der Waals surface area contributed by atoms with Gasteiger partial charge in [-0.25, -0.2) is 4.79 Å². The molecule has 0 aliphatic heterocycles. The van der Waals surface area contributed by atoms with Crippen LogP contribution in [0.4, 0.5) is 0 Å². The number of ether oxygens (including phenoxy) is 1. The van der Waals surface area contributed by atoms with Gasteiger partial charge in [-0.15, -0.1) is 0 Å². The number of thiophene rings is 1. The topological polar surface area (TPSA) is 73.2 Å². The first-order valence-electron chi connectivity index (χ1n) is 8.51. The number of nitrogens with one attached hydrogen (secondary N) is 1. The second-order valence-electron chi connectivity index (χ2n) is 6.22. The standard InChI is InChI=1S/C20H21N3O3S/c1-13-10-14(2)23(22-13)18(17-8-9-27-12-17)11-21-19(24)15-4-6-16(7-5-15)20(25)26-3/h4-10,12,18H,11H2,1-3H3,(H,21,24)/t18-/m0/s1. The van der Waals surface area contributed by atoms with Gasteiger partial charge in [-0.2, -0.15) is 16.4 Å². The van der Waals surface area contributed by atoms with Crippen molar-refractivity contribution in [3.05, 3.63) is 75.2 Å². The zero-order valence-corrected chi connectivity index (χ0v) is 16.2. The summed E-state index contributed by atoms with van der Waals surface area (Å²) < 4.78 is 6.61. The number of nitrogens with zero attached hydrogens (tertiary/aromatic N) is 2. The number of aryl methyl sites for hydroxylation is 2. The van der Waals surface area contributed by atoms with E-state index < -0.39 is 5.97 Å². The Kier molecular flexibility index (Phi) is 5.71. The molecule has 0 fully saturated rings. The monoisotopic (exact) mass is 383 g/mol. The van der Waals surface area contributed by atoms with E-state index in [9.17, 15) is 9.59 Å². The van der Waals surface area contributed by atoms with Crippen molar-refractivity contribution in [2.75, 3.05) is 13.7 Å². The fraction of sp³-hybridized carbons (Fsp3) is 0.250. The molecule has 3 rings (SSSR count). The third-order valence-corrected chi connectivity index (χ3v) is 4.99. The van der Waals surface area contributed by atoms with Crippen molar-refractivity contribution in [3.8, 4) is 0 Å². The first-order valence-corrected chi connectivity index (χ1v) is 9.45. The number of esters is 1. The number of methoxy groups -OCH3 is 1. The summed E-state index contributed by atoms with van der Waals surface area (Å²) in [5.41, 5.74) is 3.98. The van der Waals surface area contributed by atoms with E-state index in [0.717, 1.165) is 17.0 Å². The normalized spacial score (nSPS) is 11.8. The Bertz CT molecular complexity index is 930. The van der Waals surface area contributed by atoms with Gasteiger partial charge in [0.1, 0.15) is 0 Å². The highest BCUT2D eigenvalue weighted by molar-refractivity contribution is 7.08. The molecule has 3 aromatic rings. The van der Waals surface area contributed by atoms with Crippen molar-refractivity contribution in [2.45, 2.75) is 19.9 Å². The molecular weight excluding hydrogens is 362 g/mol. The van der Waals surface area contributed by atoms with E-state index in [1.165, 1.54) is 7.11 Å². The van der Waals surface area contributed by atoms with Crippen LogP contribution < -0.4 is 5.32 Å². The lowest BCUT2D eigenvalue weighted by Gasteiger charge is -2.19. The van der Waals surface area contributed by atoms with E-state index in [-0.39, 0.29) is 11.9 Å². The molecule has 2 heterocycles. The minimum Gasteiger partial charge on any atom is -0.465 e. The van der Waals surface area contributed by atoms with Gasteiger partial charge < -0.3 is 10.1 Å². The highest BCUT2D eigenvalue weighted by Gasteiger charge is 2.19. The Balaban J connectivity index is 1.74. The lowest BCUT2D eigenvalue weighted by atomic mass is 10.1. The number of hydrogen-bond donors (Lipinski definition) is 1. The molecule has 2 aromatic heterocycles. The van der Waals surface area contributed by atoms with Crippen LogP contribution in [0.2, 0.25) is 0 Å². The molecule has 0 spiro atoms. The van der Waals surface area contributed by atoms with Crippen LogP contribution in [-0.4, -0.2) is 35.3 Å². The lowest BCUT2D eigenvalue weighted by Crippen LogP contribution is -2.32. The third kappa shape index (κ3) is 4.25. The van der Waals surface area contributed by atoms with Crippen LogP contribution in [0.3, 0.4) is 0 Å². The van der Waals surface area contributed by atoms with E-state index in [1.54, 1.807) is 35.6 Å². The maximum Gasteiger partial charge on any atom is 0.337 e. The number of amides is 1. The number of aromatic nitrogens is 2. The van der Waals surface area contributed by atoms with Crippen molar-refractivity contribution in [3.63, 3.8) is 0 Å². The van der Waals surface area contributed by atoms with Crippen LogP contribution in [0.5, 0.6) is 0 Å². The van der Waals surface area contributed by atoms with Crippen molar-refractivity contribution in [1.82, 2.24) is 15.1 Å². The maximum absolute atomic E-state index is 12.5. The van der Waals surface area contributed by atoms with E-state index in [4.69, 9.17) is 0 Å². The van der Waals surface area contributed by atoms with Crippen molar-refractivity contribution in [1.29, 1.82) is 0 Å². The van der Waals surface area contributed by atoms with Crippen molar-refractivity contribution in [2.24, 2.45) is 0 Å². The number of benzene rings is 1. The summed E-state index contributed by atoms with van der Waals surface area (Å²) in [5.74, 6) is -0.628. The molecule has 0 aliphatic carbocycles. The summed E-state index contributed by atoms with van der Waals surface area (Å²) in [6.07, 6.45) is 0. The zero-order chi connectivity index (χ0) is 19.4. The fourth-order valence-corrected chi connectivity index (χ4v) is 3.65. The van der Waals surface area contributed by atoms with Gasteiger partial charge in [0.15, 0.2) is 0 Å². The van der Waals surface area contributed by atoms with Crippen molar-refractivity contribution >= 4 is 23.2 Å². The minimum atomic E-state index is -0.427. The SMILES string of the molecule is COC(=O)c1ccc(C(=O)NC[C@@H](c2ccsc2)n2nc(C)cc2C)cc1. The molecular formula is C20H21N3O3S. The Labute approximate surface area is 161 Å². The first kappa shape index (κ1) is 18.8. The summed E-state index contributed by atoms with van der Waals surface area (Å²) >= 11 is 1.61. The van der Waals surface area contributed by atoms with Gasteiger partial charge in [-0.05, 0) is 66.6 Å². The predicted octanol–water partition coefficient (Wildman–Crippen LogP) is 3.37. The molecule has 0 bridgehead atoms.